The minimum absolute atomic E-state index is 0.118. The molecule has 0 unspecified atom stereocenters. The summed E-state index contributed by atoms with van der Waals surface area (Å²) in [5.41, 5.74) is 0.118. The van der Waals surface area contributed by atoms with Crippen LogP contribution in [0.1, 0.15) is 20.8 Å². The molecule has 0 heterocycles. The first-order valence-corrected chi connectivity index (χ1v) is 2.88. The van der Waals surface area contributed by atoms with Crippen LogP contribution in [0.5, 0.6) is 0 Å². The van der Waals surface area contributed by atoms with E-state index in [4.69, 9.17) is 5.11 Å². The number of rotatable bonds is 2. The number of allylic oxidation sites excluding steroid dienone is 2. The first-order chi connectivity index (χ1) is 4.46. The molecule has 0 radical (unpaired) electrons. The number of aliphatic hydroxyl groups is 1. The maximum Gasteiger partial charge on any atom is 0.194 e. The smallest absolute Gasteiger partial charge is 0.194 e. The number of hydrogen-bond donors (Lipinski definition) is 1. The van der Waals surface area contributed by atoms with E-state index in [0.29, 0.717) is 0 Å². The zero-order valence-corrected chi connectivity index (χ0v) is 6.26. The van der Waals surface area contributed by atoms with Crippen LogP contribution in [0.4, 0.5) is 0 Å². The van der Waals surface area contributed by atoms with Gasteiger partial charge in [0.25, 0.3) is 0 Å². The Kier molecular flexibility index (Phi) is 2.80. The molecule has 10 heavy (non-hydrogen) atoms. The zero-order chi connectivity index (χ0) is 8.31. The summed E-state index contributed by atoms with van der Waals surface area (Å²) >= 11 is 0. The average molecular weight is 142 g/mol. The van der Waals surface area contributed by atoms with Crippen molar-refractivity contribution in [2.45, 2.75) is 20.8 Å². The van der Waals surface area contributed by atoms with Crippen molar-refractivity contribution in [1.29, 1.82) is 0 Å². The summed E-state index contributed by atoms with van der Waals surface area (Å²) in [5.74, 6) is -1.20. The number of hydrogen-bond acceptors (Lipinski definition) is 3. The highest BCUT2D eigenvalue weighted by atomic mass is 16.3. The molecule has 0 spiro atoms. The van der Waals surface area contributed by atoms with E-state index in [0.717, 1.165) is 0 Å². The molecule has 3 heteroatoms. The Labute approximate surface area is 59.4 Å². The van der Waals surface area contributed by atoms with Gasteiger partial charge in [-0.1, -0.05) is 0 Å². The van der Waals surface area contributed by atoms with Gasteiger partial charge in [-0.15, -0.1) is 0 Å². The van der Waals surface area contributed by atoms with Gasteiger partial charge < -0.3 is 5.11 Å². The highest BCUT2D eigenvalue weighted by molar-refractivity contribution is 6.02. The lowest BCUT2D eigenvalue weighted by atomic mass is 10.1. The Bertz CT molecular complexity index is 179. The first kappa shape index (κ1) is 8.88. The van der Waals surface area contributed by atoms with E-state index in [2.05, 4.69) is 0 Å². The van der Waals surface area contributed by atoms with Crippen molar-refractivity contribution in [2.24, 2.45) is 0 Å². The van der Waals surface area contributed by atoms with Crippen molar-refractivity contribution >= 4 is 11.6 Å². The van der Waals surface area contributed by atoms with Crippen molar-refractivity contribution in [3.63, 3.8) is 0 Å². The zero-order valence-electron chi connectivity index (χ0n) is 6.26. The van der Waals surface area contributed by atoms with Crippen LogP contribution in [-0.2, 0) is 9.59 Å². The molecule has 0 aliphatic heterocycles. The molecule has 56 valence electrons. The van der Waals surface area contributed by atoms with Crippen LogP contribution in [0.3, 0.4) is 0 Å². The summed E-state index contributed by atoms with van der Waals surface area (Å²) in [6, 6.07) is 0. The summed E-state index contributed by atoms with van der Waals surface area (Å²) in [4.78, 5) is 20.9. The average Bonchev–Trinajstić information content (AvgIpc) is 1.84. The van der Waals surface area contributed by atoms with Crippen molar-refractivity contribution in [1.82, 2.24) is 0 Å². The maximum absolute atomic E-state index is 10.5. The van der Waals surface area contributed by atoms with E-state index >= 15 is 0 Å². The van der Waals surface area contributed by atoms with Gasteiger partial charge in [-0.25, -0.2) is 0 Å². The Morgan fingerprint density at radius 3 is 1.50 bits per heavy atom. The van der Waals surface area contributed by atoms with Crippen LogP contribution < -0.4 is 0 Å². The van der Waals surface area contributed by atoms with Crippen LogP contribution in [-0.4, -0.2) is 16.7 Å². The summed E-state index contributed by atoms with van der Waals surface area (Å²) in [6.45, 7) is 3.93. The van der Waals surface area contributed by atoms with E-state index < -0.39 is 11.5 Å². The largest absolute Gasteiger partial charge is 0.504 e. The second kappa shape index (κ2) is 3.15. The van der Waals surface area contributed by atoms with Crippen LogP contribution in [0.25, 0.3) is 0 Å². The van der Waals surface area contributed by atoms with Crippen LogP contribution in [0.15, 0.2) is 11.3 Å². The Morgan fingerprint density at radius 2 is 1.40 bits per heavy atom. The van der Waals surface area contributed by atoms with Crippen molar-refractivity contribution in [3.05, 3.63) is 11.3 Å². The van der Waals surface area contributed by atoms with Gasteiger partial charge in [0.15, 0.2) is 17.3 Å². The van der Waals surface area contributed by atoms with E-state index in [1.54, 1.807) is 0 Å². The third-order valence-corrected chi connectivity index (χ3v) is 1.22. The van der Waals surface area contributed by atoms with Crippen LogP contribution >= 0.6 is 0 Å². The molecule has 0 aromatic heterocycles. The molecule has 0 saturated heterocycles. The number of aliphatic hydroxyl groups excluding tert-OH is 1. The van der Waals surface area contributed by atoms with Gasteiger partial charge >= 0.3 is 0 Å². The number of carbonyl (C=O) groups excluding carboxylic acids is 2. The monoisotopic (exact) mass is 142 g/mol. The van der Waals surface area contributed by atoms with E-state index in [9.17, 15) is 9.59 Å². The highest BCUT2D eigenvalue weighted by Gasteiger charge is 2.08. The SMILES string of the molecule is CC(=O)/C(C)=C(/O)C(C)=O. The van der Waals surface area contributed by atoms with Crippen molar-refractivity contribution < 1.29 is 14.7 Å². The second-order valence-electron chi connectivity index (χ2n) is 2.09. The molecule has 0 aromatic carbocycles. The Balaban J connectivity index is 4.67. The minimum atomic E-state index is -0.479. The van der Waals surface area contributed by atoms with Gasteiger partial charge in [0, 0.05) is 12.5 Å². The number of Topliss-reactive ketones (excluding diaryl/α,β-unsaturated/α-hetero) is 2. The fraction of sp³-hybridized carbons (Fsp3) is 0.429. The fourth-order valence-corrected chi connectivity index (χ4v) is 0.431. The summed E-state index contributed by atoms with van der Waals surface area (Å²) < 4.78 is 0. The predicted octanol–water partition coefficient (Wildman–Crippen LogP) is 0.996. The van der Waals surface area contributed by atoms with Crippen molar-refractivity contribution in [2.75, 3.05) is 0 Å². The molecule has 0 bridgehead atoms. The van der Waals surface area contributed by atoms with Crippen LogP contribution in [0.2, 0.25) is 0 Å². The summed E-state index contributed by atoms with van der Waals surface area (Å²) in [5, 5.41) is 8.87. The lowest BCUT2D eigenvalue weighted by molar-refractivity contribution is -0.118. The molecule has 0 aliphatic carbocycles. The molecule has 3 nitrogen and oxygen atoms in total. The molecular formula is C7H10O3. The van der Waals surface area contributed by atoms with E-state index in [1.807, 2.05) is 0 Å². The summed E-state index contributed by atoms with van der Waals surface area (Å²) in [7, 11) is 0. The standard InChI is InChI=1S/C7H10O3/c1-4(5(2)8)7(10)6(3)9/h10H,1-3H3/b7-4+. The van der Waals surface area contributed by atoms with Gasteiger partial charge in [0.1, 0.15) is 0 Å². The second-order valence-corrected chi connectivity index (χ2v) is 2.09. The predicted molar refractivity (Wildman–Crippen MR) is 36.7 cm³/mol. The fourth-order valence-electron chi connectivity index (χ4n) is 0.431. The molecule has 0 saturated carbocycles. The molecule has 1 N–H and O–H groups in total. The maximum atomic E-state index is 10.5. The quantitative estimate of drug-likeness (QED) is 0.462. The number of ketones is 2. The molecule has 0 amide bonds. The molecule has 0 fully saturated rings. The van der Waals surface area contributed by atoms with Gasteiger partial charge in [0.05, 0.1) is 0 Å². The van der Waals surface area contributed by atoms with E-state index in [1.165, 1.54) is 20.8 Å². The Morgan fingerprint density at radius 1 is 1.00 bits per heavy atom. The third-order valence-electron chi connectivity index (χ3n) is 1.22. The van der Waals surface area contributed by atoms with E-state index in [-0.39, 0.29) is 11.4 Å². The van der Waals surface area contributed by atoms with Gasteiger partial charge in [0.2, 0.25) is 0 Å². The highest BCUT2D eigenvalue weighted by Crippen LogP contribution is 2.01. The molecule has 0 atom stereocenters. The lowest BCUT2D eigenvalue weighted by Crippen LogP contribution is -2.04. The van der Waals surface area contributed by atoms with Gasteiger partial charge in [-0.2, -0.15) is 0 Å². The normalized spacial score (nSPS) is 12.3. The number of carbonyl (C=O) groups is 2. The third kappa shape index (κ3) is 2.01. The Hall–Kier alpha value is -1.12. The molecular weight excluding hydrogens is 132 g/mol. The van der Waals surface area contributed by atoms with Gasteiger partial charge in [-0.3, -0.25) is 9.59 Å². The minimum Gasteiger partial charge on any atom is -0.504 e. The summed E-state index contributed by atoms with van der Waals surface area (Å²) in [6.07, 6.45) is 0. The molecule has 0 aromatic rings. The van der Waals surface area contributed by atoms with Crippen LogP contribution in [0, 0.1) is 0 Å². The topological polar surface area (TPSA) is 54.4 Å². The molecule has 0 aliphatic rings. The lowest BCUT2D eigenvalue weighted by Gasteiger charge is -1.96. The van der Waals surface area contributed by atoms with Crippen molar-refractivity contribution in [3.8, 4) is 0 Å². The first-order valence-electron chi connectivity index (χ1n) is 2.88. The van der Waals surface area contributed by atoms with Gasteiger partial charge in [-0.05, 0) is 13.8 Å². The molecule has 0 rings (SSSR count).